The van der Waals surface area contributed by atoms with E-state index in [2.05, 4.69) is 0 Å². The summed E-state index contributed by atoms with van der Waals surface area (Å²) in [5.74, 6) is -0.385. The van der Waals surface area contributed by atoms with Gasteiger partial charge in [0.05, 0.1) is 11.9 Å². The molecule has 0 saturated carbocycles. The second kappa shape index (κ2) is 7.46. The van der Waals surface area contributed by atoms with E-state index in [0.29, 0.717) is 25.2 Å². The number of carbonyl (C=O) groups excluding carboxylic acids is 2. The smallest absolute Gasteiger partial charge is 0.253 e. The molecule has 1 saturated heterocycles. The zero-order valence-corrected chi connectivity index (χ0v) is 13.8. The summed E-state index contributed by atoms with van der Waals surface area (Å²) in [6.45, 7) is 3.17. The van der Waals surface area contributed by atoms with Crippen LogP contribution >= 0.6 is 11.6 Å². The Kier molecular flexibility index (Phi) is 5.60. The van der Waals surface area contributed by atoms with Crippen molar-refractivity contribution < 1.29 is 9.59 Å². The monoisotopic (exact) mass is 336 g/mol. The van der Waals surface area contributed by atoms with E-state index < -0.39 is 0 Å². The second-order valence-corrected chi connectivity index (χ2v) is 5.99. The highest BCUT2D eigenvalue weighted by atomic mass is 35.5. The van der Waals surface area contributed by atoms with Crippen LogP contribution in [0.15, 0.2) is 24.3 Å². The predicted octanol–water partition coefficient (Wildman–Crippen LogP) is 1.21. The summed E-state index contributed by atoms with van der Waals surface area (Å²) in [6, 6.07) is 7.09. The number of carbonyl (C=O) groups is 2. The van der Waals surface area contributed by atoms with Crippen molar-refractivity contribution in [2.45, 2.75) is 19.4 Å². The first-order valence-corrected chi connectivity index (χ1v) is 8.00. The Labute approximate surface area is 140 Å². The molecule has 23 heavy (non-hydrogen) atoms. The topological polar surface area (TPSA) is 90.5 Å². The first-order chi connectivity index (χ1) is 10.9. The molecule has 3 N–H and O–H groups in total. The van der Waals surface area contributed by atoms with Crippen molar-refractivity contribution in [2.75, 3.05) is 25.5 Å². The number of piperazine rings is 1. The molecule has 124 valence electrons. The number of benzene rings is 1. The summed E-state index contributed by atoms with van der Waals surface area (Å²) in [7, 11) is 0. The molecular formula is C16H21ClN4O2. The average molecular weight is 337 g/mol. The van der Waals surface area contributed by atoms with Crippen LogP contribution in [0.2, 0.25) is 0 Å². The number of aryl methyl sites for hydroxylation is 1. The van der Waals surface area contributed by atoms with Crippen molar-refractivity contribution in [1.82, 2.24) is 9.80 Å². The van der Waals surface area contributed by atoms with Gasteiger partial charge < -0.3 is 15.5 Å². The Morgan fingerprint density at radius 3 is 2.52 bits per heavy atom. The van der Waals surface area contributed by atoms with Crippen LogP contribution in [-0.4, -0.2) is 59.0 Å². The maximum absolute atomic E-state index is 12.6. The van der Waals surface area contributed by atoms with Crippen molar-refractivity contribution in [1.29, 1.82) is 5.41 Å². The van der Waals surface area contributed by atoms with E-state index in [4.69, 9.17) is 22.7 Å². The maximum Gasteiger partial charge on any atom is 0.253 e. The van der Waals surface area contributed by atoms with Gasteiger partial charge in [0.15, 0.2) is 0 Å². The number of amidine groups is 1. The zero-order chi connectivity index (χ0) is 17.0. The highest BCUT2D eigenvalue weighted by Crippen LogP contribution is 2.17. The molecule has 1 aromatic rings. The van der Waals surface area contributed by atoms with E-state index in [-0.39, 0.29) is 36.0 Å². The van der Waals surface area contributed by atoms with E-state index in [9.17, 15) is 9.59 Å². The second-order valence-electron chi connectivity index (χ2n) is 5.72. The number of rotatable bonds is 4. The number of nitrogens with one attached hydrogen (secondary N) is 1. The zero-order valence-electron chi connectivity index (χ0n) is 13.1. The Morgan fingerprint density at radius 2 is 1.96 bits per heavy atom. The molecule has 1 aromatic carbocycles. The molecule has 1 aliphatic heterocycles. The normalized spacial score (nSPS) is 17.9. The molecule has 1 unspecified atom stereocenters. The molecule has 7 heteroatoms. The first kappa shape index (κ1) is 17.3. The van der Waals surface area contributed by atoms with Crippen molar-refractivity contribution in [2.24, 2.45) is 5.73 Å². The fourth-order valence-corrected chi connectivity index (χ4v) is 2.91. The third kappa shape index (κ3) is 4.22. The summed E-state index contributed by atoms with van der Waals surface area (Å²) < 4.78 is 0. The van der Waals surface area contributed by atoms with Crippen LogP contribution in [0.3, 0.4) is 0 Å². The number of nitrogens with zero attached hydrogens (tertiary/aromatic N) is 2. The average Bonchev–Trinajstić information content (AvgIpc) is 2.53. The van der Waals surface area contributed by atoms with Crippen LogP contribution in [0.1, 0.15) is 22.3 Å². The van der Waals surface area contributed by atoms with Crippen LogP contribution in [0.5, 0.6) is 0 Å². The minimum Gasteiger partial charge on any atom is -0.388 e. The Morgan fingerprint density at radius 1 is 1.30 bits per heavy atom. The van der Waals surface area contributed by atoms with E-state index in [0.717, 1.165) is 5.56 Å². The maximum atomic E-state index is 12.6. The largest absolute Gasteiger partial charge is 0.388 e. The number of hydrogen-bond donors (Lipinski definition) is 2. The summed E-state index contributed by atoms with van der Waals surface area (Å²) >= 11 is 5.64. The fraction of sp³-hybridized carbons (Fsp3) is 0.438. The number of nitrogens with two attached hydrogens (primary N) is 1. The van der Waals surface area contributed by atoms with Gasteiger partial charge in [-0.05, 0) is 19.1 Å². The van der Waals surface area contributed by atoms with Crippen molar-refractivity contribution in [3.05, 3.63) is 35.4 Å². The summed E-state index contributed by atoms with van der Waals surface area (Å²) in [4.78, 5) is 27.8. The van der Waals surface area contributed by atoms with Gasteiger partial charge in [0.25, 0.3) is 5.91 Å². The van der Waals surface area contributed by atoms with E-state index in [1.807, 2.05) is 19.1 Å². The number of alkyl halides is 1. The van der Waals surface area contributed by atoms with Gasteiger partial charge in [-0.3, -0.25) is 15.0 Å². The fourth-order valence-electron chi connectivity index (χ4n) is 2.75. The quantitative estimate of drug-likeness (QED) is 0.492. The van der Waals surface area contributed by atoms with Crippen molar-refractivity contribution in [3.8, 4) is 0 Å². The molecule has 0 spiro atoms. The summed E-state index contributed by atoms with van der Waals surface area (Å²) in [6.07, 6.45) is 0.236. The van der Waals surface area contributed by atoms with Crippen molar-refractivity contribution >= 4 is 29.3 Å². The third-order valence-electron chi connectivity index (χ3n) is 3.96. The van der Waals surface area contributed by atoms with E-state index in [1.54, 1.807) is 21.9 Å². The van der Waals surface area contributed by atoms with Crippen molar-refractivity contribution in [3.63, 3.8) is 0 Å². The molecule has 0 aromatic heterocycles. The molecule has 0 radical (unpaired) electrons. The number of halogens is 1. The summed E-state index contributed by atoms with van der Waals surface area (Å²) in [5.41, 5.74) is 7.20. The highest BCUT2D eigenvalue weighted by molar-refractivity contribution is 6.27. The minimum absolute atomic E-state index is 0.00740. The lowest BCUT2D eigenvalue weighted by atomic mass is 10.1. The molecule has 0 aliphatic carbocycles. The van der Waals surface area contributed by atoms with E-state index in [1.165, 1.54) is 0 Å². The molecule has 1 aliphatic rings. The molecule has 0 bridgehead atoms. The van der Waals surface area contributed by atoms with Gasteiger partial charge in [0.1, 0.15) is 5.88 Å². The van der Waals surface area contributed by atoms with Gasteiger partial charge in [0.2, 0.25) is 5.91 Å². The highest BCUT2D eigenvalue weighted by Gasteiger charge is 2.32. The summed E-state index contributed by atoms with van der Waals surface area (Å²) in [5, 5.41) is 7.48. The van der Waals surface area contributed by atoms with Crippen LogP contribution < -0.4 is 5.73 Å². The first-order valence-electron chi connectivity index (χ1n) is 7.46. The molecule has 6 nitrogen and oxygen atoms in total. The van der Waals surface area contributed by atoms with Gasteiger partial charge >= 0.3 is 0 Å². The SMILES string of the molecule is Cc1ccc(C(=O)N2CCN(C(=O)CCl)C(CC(=N)N)C2)cc1. The third-order valence-corrected chi connectivity index (χ3v) is 4.19. The molecule has 1 atom stereocenters. The molecule has 2 amide bonds. The van der Waals surface area contributed by atoms with Gasteiger partial charge in [-0.1, -0.05) is 17.7 Å². The number of amides is 2. The standard InChI is InChI=1S/C16H21ClN4O2/c1-11-2-4-12(5-3-11)16(23)20-6-7-21(15(22)9-17)13(10-20)8-14(18)19/h2-5,13H,6-10H2,1H3,(H3,18,19). The van der Waals surface area contributed by atoms with Crippen LogP contribution in [0.4, 0.5) is 0 Å². The lowest BCUT2D eigenvalue weighted by Crippen LogP contribution is -2.57. The Hall–Kier alpha value is -2.08. The van der Waals surface area contributed by atoms with Crippen LogP contribution in [0, 0.1) is 12.3 Å². The lowest BCUT2D eigenvalue weighted by molar-refractivity contribution is -0.132. The molecule has 1 fully saturated rings. The van der Waals surface area contributed by atoms with Gasteiger partial charge in [-0.2, -0.15) is 0 Å². The van der Waals surface area contributed by atoms with Gasteiger partial charge in [-0.25, -0.2) is 0 Å². The Balaban J connectivity index is 2.13. The van der Waals surface area contributed by atoms with E-state index >= 15 is 0 Å². The van der Waals surface area contributed by atoms with Gasteiger partial charge in [0, 0.05) is 31.6 Å². The van der Waals surface area contributed by atoms with Crippen LogP contribution in [0.25, 0.3) is 0 Å². The van der Waals surface area contributed by atoms with Crippen LogP contribution in [-0.2, 0) is 4.79 Å². The number of hydrogen-bond acceptors (Lipinski definition) is 3. The molecular weight excluding hydrogens is 316 g/mol. The lowest BCUT2D eigenvalue weighted by Gasteiger charge is -2.41. The molecule has 1 heterocycles. The molecule has 2 rings (SSSR count). The minimum atomic E-state index is -0.304. The Bertz CT molecular complexity index is 603. The van der Waals surface area contributed by atoms with Gasteiger partial charge in [-0.15, -0.1) is 11.6 Å². The predicted molar refractivity (Wildman–Crippen MR) is 89.8 cm³/mol.